The van der Waals surface area contributed by atoms with Crippen molar-refractivity contribution in [2.75, 3.05) is 37.6 Å². The Hall–Kier alpha value is -1.63. The molecule has 1 aliphatic heterocycles. The molecule has 0 aromatic carbocycles. The van der Waals surface area contributed by atoms with Crippen LogP contribution in [0.3, 0.4) is 0 Å². The molecule has 1 aromatic heterocycles. The normalized spacial score (nSPS) is 33.8. The van der Waals surface area contributed by atoms with Crippen LogP contribution in [-0.2, 0) is 9.53 Å². The average molecular weight is 474 g/mol. The molecular formula is C26H36ClN3O3. The quantitative estimate of drug-likeness (QED) is 0.517. The standard InChI is InChI=1S/C26H36ClN3O3/c1-17-14-22-21(8-7-19(3)26(22,32)15-24(17)33-20(4)31)18(2)16-29-10-12-30(13-11-29)25-23(27)6-5-9-28-25/h5-6,9,14,18-19,21-22,24,32H,7-8,10-13,16H2,1-4H3/t18-,19-,21+,22-,24-,26-/m1/s1. The Morgan fingerprint density at radius 3 is 2.76 bits per heavy atom. The Balaban J connectivity index is 1.41. The summed E-state index contributed by atoms with van der Waals surface area (Å²) in [5.41, 5.74) is -0.0994. The zero-order chi connectivity index (χ0) is 23.8. The topological polar surface area (TPSA) is 65.9 Å². The van der Waals surface area contributed by atoms with Crippen molar-refractivity contribution in [3.63, 3.8) is 0 Å². The average Bonchev–Trinajstić information content (AvgIpc) is 2.77. The minimum Gasteiger partial charge on any atom is -0.457 e. The number of hydrogen-bond donors (Lipinski definition) is 1. The predicted octanol–water partition coefficient (Wildman–Crippen LogP) is 3.86. The van der Waals surface area contributed by atoms with Gasteiger partial charge in [0.2, 0.25) is 0 Å². The second-order valence-electron chi connectivity index (χ2n) is 10.1. The Labute approximate surface area is 202 Å². The fourth-order valence-electron chi connectivity index (χ4n) is 5.90. The number of rotatable bonds is 5. The van der Waals surface area contributed by atoms with Gasteiger partial charge in [0, 0.05) is 51.8 Å². The predicted molar refractivity (Wildman–Crippen MR) is 130 cm³/mol. The van der Waals surface area contributed by atoms with Crippen LogP contribution in [0.25, 0.3) is 0 Å². The first-order chi connectivity index (χ1) is 15.7. The third kappa shape index (κ3) is 5.08. The molecule has 0 unspecified atom stereocenters. The summed E-state index contributed by atoms with van der Waals surface area (Å²) in [4.78, 5) is 20.8. The molecule has 2 fully saturated rings. The van der Waals surface area contributed by atoms with Gasteiger partial charge in [-0.05, 0) is 55.2 Å². The van der Waals surface area contributed by atoms with Gasteiger partial charge in [-0.3, -0.25) is 9.69 Å². The number of esters is 1. The molecule has 4 rings (SSSR count). The van der Waals surface area contributed by atoms with Gasteiger partial charge in [-0.2, -0.15) is 0 Å². The van der Waals surface area contributed by atoms with E-state index in [9.17, 15) is 9.90 Å². The molecule has 0 amide bonds. The van der Waals surface area contributed by atoms with Gasteiger partial charge < -0.3 is 14.7 Å². The van der Waals surface area contributed by atoms with E-state index < -0.39 is 11.7 Å². The molecule has 7 heteroatoms. The first-order valence-electron chi connectivity index (χ1n) is 12.1. The van der Waals surface area contributed by atoms with Crippen LogP contribution in [0.15, 0.2) is 30.0 Å². The summed E-state index contributed by atoms with van der Waals surface area (Å²) in [6, 6.07) is 3.75. The molecule has 2 heterocycles. The highest BCUT2D eigenvalue weighted by molar-refractivity contribution is 6.32. The van der Waals surface area contributed by atoms with Crippen LogP contribution in [0.4, 0.5) is 5.82 Å². The van der Waals surface area contributed by atoms with Crippen molar-refractivity contribution >= 4 is 23.4 Å². The molecule has 0 spiro atoms. The lowest BCUT2D eigenvalue weighted by Gasteiger charge is -2.53. The van der Waals surface area contributed by atoms with Gasteiger partial charge >= 0.3 is 5.97 Å². The Bertz CT molecular complexity index is 885. The molecule has 0 bridgehead atoms. The van der Waals surface area contributed by atoms with Crippen LogP contribution >= 0.6 is 11.6 Å². The van der Waals surface area contributed by atoms with E-state index in [1.807, 2.05) is 19.1 Å². The summed E-state index contributed by atoms with van der Waals surface area (Å²) in [6.07, 6.45) is 8.70. The van der Waals surface area contributed by atoms with Crippen LogP contribution in [0.2, 0.25) is 5.02 Å². The number of aliphatic hydroxyl groups is 1. The Morgan fingerprint density at radius 1 is 1.36 bits per heavy atom. The third-order valence-electron chi connectivity index (χ3n) is 7.84. The molecule has 1 saturated carbocycles. The number of hydrogen-bond acceptors (Lipinski definition) is 6. The highest BCUT2D eigenvalue weighted by atomic mass is 35.5. The van der Waals surface area contributed by atoms with E-state index in [1.165, 1.54) is 6.92 Å². The van der Waals surface area contributed by atoms with Gasteiger partial charge in [0.1, 0.15) is 11.9 Å². The molecule has 33 heavy (non-hydrogen) atoms. The first-order valence-corrected chi connectivity index (χ1v) is 12.5. The number of carbonyl (C=O) groups excluding carboxylic acids is 1. The number of halogens is 1. The van der Waals surface area contributed by atoms with Crippen molar-refractivity contribution in [2.45, 2.75) is 52.2 Å². The molecule has 6 nitrogen and oxygen atoms in total. The van der Waals surface area contributed by atoms with Crippen LogP contribution in [0.5, 0.6) is 0 Å². The SMILES string of the molecule is CC(=O)O[C@@H]1[C][C@@]2(O)[C@H](C)CC[C@@H]([C@H](C)CN3CCN(c4ncccc4Cl)CC3)[C@H]2C=C1C. The maximum Gasteiger partial charge on any atom is 0.303 e. The van der Waals surface area contributed by atoms with Gasteiger partial charge in [-0.15, -0.1) is 0 Å². The van der Waals surface area contributed by atoms with E-state index in [0.29, 0.717) is 16.9 Å². The molecule has 1 aromatic rings. The molecule has 1 N–H and O–H groups in total. The fraction of sp³-hybridized carbons (Fsp3) is 0.654. The lowest BCUT2D eigenvalue weighted by Crippen LogP contribution is -2.57. The van der Waals surface area contributed by atoms with Crippen molar-refractivity contribution in [1.82, 2.24) is 9.88 Å². The van der Waals surface area contributed by atoms with E-state index in [-0.39, 0.29) is 17.8 Å². The number of ether oxygens (including phenoxy) is 1. The van der Waals surface area contributed by atoms with Gasteiger partial charge in [0.15, 0.2) is 0 Å². The molecule has 180 valence electrons. The molecule has 6 atom stereocenters. The van der Waals surface area contributed by atoms with E-state index in [0.717, 1.165) is 57.0 Å². The van der Waals surface area contributed by atoms with Crippen molar-refractivity contribution in [1.29, 1.82) is 0 Å². The minimum atomic E-state index is -1.06. The lowest BCUT2D eigenvalue weighted by molar-refractivity contribution is -0.148. The summed E-state index contributed by atoms with van der Waals surface area (Å²) in [5, 5.41) is 12.4. The van der Waals surface area contributed by atoms with Crippen molar-refractivity contribution in [3.8, 4) is 0 Å². The summed E-state index contributed by atoms with van der Waals surface area (Å²) in [7, 11) is 0. The molecule has 2 aliphatic carbocycles. The van der Waals surface area contributed by atoms with E-state index in [4.69, 9.17) is 16.3 Å². The number of carbonyl (C=O) groups is 1. The van der Waals surface area contributed by atoms with Gasteiger partial charge in [-0.25, -0.2) is 4.98 Å². The number of aromatic nitrogens is 1. The molecule has 3 aliphatic rings. The first kappa shape index (κ1) is 24.5. The number of anilines is 1. The van der Waals surface area contributed by atoms with E-state index in [2.05, 4.69) is 41.1 Å². The van der Waals surface area contributed by atoms with E-state index in [1.54, 1.807) is 6.20 Å². The van der Waals surface area contributed by atoms with Crippen LogP contribution in [0.1, 0.15) is 40.5 Å². The maximum atomic E-state index is 11.7. The van der Waals surface area contributed by atoms with Gasteiger partial charge in [0.25, 0.3) is 0 Å². The van der Waals surface area contributed by atoms with Crippen LogP contribution in [-0.4, -0.2) is 65.4 Å². The second-order valence-corrected chi connectivity index (χ2v) is 10.5. The van der Waals surface area contributed by atoms with Gasteiger partial charge in [0.05, 0.1) is 17.0 Å². The number of nitrogens with zero attached hydrogens (tertiary/aromatic N) is 3. The zero-order valence-electron chi connectivity index (χ0n) is 20.1. The smallest absolute Gasteiger partial charge is 0.303 e. The number of pyridine rings is 1. The number of fused-ring (bicyclic) bond motifs is 1. The van der Waals surface area contributed by atoms with Crippen LogP contribution < -0.4 is 4.90 Å². The minimum absolute atomic E-state index is 0.00308. The highest BCUT2D eigenvalue weighted by Crippen LogP contribution is 2.50. The molecule has 1 saturated heterocycles. The second kappa shape index (κ2) is 9.93. The van der Waals surface area contributed by atoms with Crippen molar-refractivity contribution in [2.24, 2.45) is 23.7 Å². The summed E-state index contributed by atoms with van der Waals surface area (Å²) in [5.74, 6) is 1.39. The fourth-order valence-corrected chi connectivity index (χ4v) is 6.14. The molecular weight excluding hydrogens is 438 g/mol. The van der Waals surface area contributed by atoms with E-state index >= 15 is 0 Å². The highest BCUT2D eigenvalue weighted by Gasteiger charge is 2.53. The monoisotopic (exact) mass is 473 g/mol. The van der Waals surface area contributed by atoms with Crippen LogP contribution in [0, 0.1) is 30.1 Å². The summed E-state index contributed by atoms with van der Waals surface area (Å²) < 4.78 is 5.43. The summed E-state index contributed by atoms with van der Waals surface area (Å²) >= 11 is 6.34. The Kier molecular flexibility index (Phi) is 7.37. The largest absolute Gasteiger partial charge is 0.457 e. The maximum absolute atomic E-state index is 11.7. The number of piperazine rings is 1. The summed E-state index contributed by atoms with van der Waals surface area (Å²) in [6.45, 7) is 12.5. The van der Waals surface area contributed by atoms with Crippen molar-refractivity contribution < 1.29 is 14.6 Å². The molecule has 2 radical (unpaired) electrons. The zero-order valence-corrected chi connectivity index (χ0v) is 20.9. The Morgan fingerprint density at radius 2 is 2.09 bits per heavy atom. The van der Waals surface area contributed by atoms with Crippen molar-refractivity contribution in [3.05, 3.63) is 41.4 Å². The van der Waals surface area contributed by atoms with Gasteiger partial charge in [-0.1, -0.05) is 31.5 Å². The lowest BCUT2D eigenvalue weighted by atomic mass is 9.57. The third-order valence-corrected chi connectivity index (χ3v) is 8.14.